The lowest BCUT2D eigenvalue weighted by atomic mass is 10.1. The zero-order valence-electron chi connectivity index (χ0n) is 18.1. The van der Waals surface area contributed by atoms with Crippen molar-refractivity contribution in [2.75, 3.05) is 32.9 Å². The number of nitrogens with one attached hydrogen (secondary N) is 2. The van der Waals surface area contributed by atoms with Gasteiger partial charge in [-0.3, -0.25) is 9.89 Å². The van der Waals surface area contributed by atoms with Crippen molar-refractivity contribution in [3.8, 4) is 0 Å². The molecule has 0 amide bonds. The highest BCUT2D eigenvalue weighted by molar-refractivity contribution is 7.90. The quantitative estimate of drug-likeness (QED) is 0.524. The topological polar surface area (TPSA) is 73.8 Å². The lowest BCUT2D eigenvalue weighted by Crippen LogP contribution is -2.42. The highest BCUT2D eigenvalue weighted by Gasteiger charge is 2.23. The fraction of sp³-hybridized carbons (Fsp3) is 0.435. The highest BCUT2D eigenvalue weighted by atomic mass is 32.2. The summed E-state index contributed by atoms with van der Waals surface area (Å²) >= 11 is 0. The summed E-state index contributed by atoms with van der Waals surface area (Å²) in [6, 6.07) is 16.4. The van der Waals surface area contributed by atoms with Gasteiger partial charge in [0.15, 0.2) is 15.8 Å². The van der Waals surface area contributed by atoms with Gasteiger partial charge in [0.1, 0.15) is 0 Å². The molecule has 0 radical (unpaired) electrons. The number of aryl methyl sites for hydroxylation is 1. The van der Waals surface area contributed by atoms with Gasteiger partial charge in [-0.25, -0.2) is 8.42 Å². The summed E-state index contributed by atoms with van der Waals surface area (Å²) in [6.07, 6.45) is 3.74. The molecule has 1 heterocycles. The lowest BCUT2D eigenvalue weighted by Gasteiger charge is -2.29. The van der Waals surface area contributed by atoms with Gasteiger partial charge in [0.05, 0.1) is 10.9 Å². The second kappa shape index (κ2) is 10.1. The number of nitrogens with zero attached hydrogens (tertiary/aromatic N) is 2. The predicted octanol–water partition coefficient (Wildman–Crippen LogP) is 2.90. The first-order chi connectivity index (χ1) is 14.4. The van der Waals surface area contributed by atoms with Crippen molar-refractivity contribution < 1.29 is 8.42 Å². The number of aliphatic imine (C=N–C) groups is 1. The Balaban J connectivity index is 1.62. The van der Waals surface area contributed by atoms with E-state index in [1.54, 1.807) is 13.1 Å². The van der Waals surface area contributed by atoms with Crippen LogP contribution in [0.2, 0.25) is 0 Å². The molecule has 3 rings (SSSR count). The predicted molar refractivity (Wildman–Crippen MR) is 122 cm³/mol. The summed E-state index contributed by atoms with van der Waals surface area (Å²) in [6.45, 7) is 5.42. The van der Waals surface area contributed by atoms with Crippen LogP contribution in [0, 0.1) is 6.92 Å². The summed E-state index contributed by atoms with van der Waals surface area (Å²) in [5.41, 5.74) is 3.09. The maximum atomic E-state index is 11.8. The average molecular weight is 429 g/mol. The van der Waals surface area contributed by atoms with E-state index in [1.807, 2.05) is 19.1 Å². The van der Waals surface area contributed by atoms with Crippen LogP contribution < -0.4 is 10.6 Å². The number of guanidine groups is 1. The molecule has 0 aromatic heterocycles. The minimum absolute atomic E-state index is 0.309. The Kier molecular flexibility index (Phi) is 7.50. The fourth-order valence-electron chi connectivity index (χ4n) is 4.02. The third kappa shape index (κ3) is 5.83. The summed E-state index contributed by atoms with van der Waals surface area (Å²) < 4.78 is 23.6. The molecule has 2 aromatic carbocycles. The normalized spacial score (nSPS) is 16.4. The van der Waals surface area contributed by atoms with E-state index >= 15 is 0 Å². The Labute approximate surface area is 180 Å². The molecule has 1 aliphatic heterocycles. The van der Waals surface area contributed by atoms with Crippen LogP contribution in [0.1, 0.15) is 35.6 Å². The second-order valence-corrected chi connectivity index (χ2v) is 9.83. The number of rotatable bonds is 7. The van der Waals surface area contributed by atoms with Gasteiger partial charge in [-0.2, -0.15) is 0 Å². The van der Waals surface area contributed by atoms with Crippen LogP contribution in [0.15, 0.2) is 58.4 Å². The Hall–Kier alpha value is -2.38. The second-order valence-electron chi connectivity index (χ2n) is 7.85. The zero-order valence-corrected chi connectivity index (χ0v) is 18.9. The van der Waals surface area contributed by atoms with Gasteiger partial charge in [0.2, 0.25) is 0 Å². The molecule has 7 heteroatoms. The summed E-state index contributed by atoms with van der Waals surface area (Å²) in [7, 11) is -1.44. The first kappa shape index (κ1) is 22.3. The molecule has 2 aromatic rings. The fourth-order valence-corrected chi connectivity index (χ4v) is 4.98. The van der Waals surface area contributed by atoms with E-state index in [1.165, 1.54) is 24.7 Å². The molecule has 0 saturated carbocycles. The van der Waals surface area contributed by atoms with Gasteiger partial charge in [0.25, 0.3) is 0 Å². The van der Waals surface area contributed by atoms with E-state index in [0.29, 0.717) is 17.5 Å². The van der Waals surface area contributed by atoms with Crippen molar-refractivity contribution in [2.24, 2.45) is 4.99 Å². The first-order valence-corrected chi connectivity index (χ1v) is 12.3. The molecule has 1 aliphatic rings. The molecular formula is C23H32N4O2S. The standard InChI is InChI=1S/C23H32N4O2S/c1-18-15-19(11-12-22(18)30(3,28)29)16-25-23(24-2)26-17-21(27-13-7-8-14-27)20-9-5-4-6-10-20/h4-6,9-12,15,21H,7-8,13-14,16-17H2,1-3H3,(H2,24,25,26). The van der Waals surface area contributed by atoms with Gasteiger partial charge in [-0.15, -0.1) is 0 Å². The molecule has 1 fully saturated rings. The van der Waals surface area contributed by atoms with Crippen LogP contribution in [0.5, 0.6) is 0 Å². The van der Waals surface area contributed by atoms with Gasteiger partial charge >= 0.3 is 0 Å². The monoisotopic (exact) mass is 428 g/mol. The molecule has 6 nitrogen and oxygen atoms in total. The number of likely N-dealkylation sites (tertiary alicyclic amines) is 1. The van der Waals surface area contributed by atoms with Gasteiger partial charge in [-0.05, 0) is 55.6 Å². The van der Waals surface area contributed by atoms with Crippen molar-refractivity contribution in [2.45, 2.75) is 37.2 Å². The smallest absolute Gasteiger partial charge is 0.191 e. The molecule has 1 saturated heterocycles. The van der Waals surface area contributed by atoms with Gasteiger partial charge in [-0.1, -0.05) is 42.5 Å². The van der Waals surface area contributed by atoms with E-state index in [-0.39, 0.29) is 0 Å². The zero-order chi connectivity index (χ0) is 21.6. The van der Waals surface area contributed by atoms with Crippen LogP contribution >= 0.6 is 0 Å². The molecule has 0 aliphatic carbocycles. The van der Waals surface area contributed by atoms with E-state index in [2.05, 4.69) is 50.9 Å². The van der Waals surface area contributed by atoms with Gasteiger partial charge in [0, 0.05) is 26.4 Å². The molecule has 1 atom stereocenters. The largest absolute Gasteiger partial charge is 0.354 e. The summed E-state index contributed by atoms with van der Waals surface area (Å²) in [4.78, 5) is 7.26. The van der Waals surface area contributed by atoms with Crippen LogP contribution in [0.4, 0.5) is 0 Å². The Morgan fingerprint density at radius 2 is 1.80 bits per heavy atom. The molecule has 0 spiro atoms. The lowest BCUT2D eigenvalue weighted by molar-refractivity contribution is 0.245. The van der Waals surface area contributed by atoms with Crippen LogP contribution in [0.25, 0.3) is 0 Å². The highest BCUT2D eigenvalue weighted by Crippen LogP contribution is 2.24. The third-order valence-corrected chi connectivity index (χ3v) is 6.81. The van der Waals surface area contributed by atoms with Crippen LogP contribution in [-0.2, 0) is 16.4 Å². The molecule has 1 unspecified atom stereocenters. The van der Waals surface area contributed by atoms with E-state index < -0.39 is 9.84 Å². The Morgan fingerprint density at radius 3 is 2.40 bits per heavy atom. The van der Waals surface area contributed by atoms with Crippen molar-refractivity contribution >= 4 is 15.8 Å². The minimum Gasteiger partial charge on any atom is -0.354 e. The van der Waals surface area contributed by atoms with E-state index in [0.717, 1.165) is 36.7 Å². The minimum atomic E-state index is -3.20. The van der Waals surface area contributed by atoms with E-state index in [9.17, 15) is 8.42 Å². The number of hydrogen-bond acceptors (Lipinski definition) is 4. The summed E-state index contributed by atoms with van der Waals surface area (Å²) in [5.74, 6) is 0.736. The number of hydrogen-bond donors (Lipinski definition) is 2. The molecule has 0 bridgehead atoms. The van der Waals surface area contributed by atoms with Crippen LogP contribution in [0.3, 0.4) is 0 Å². The van der Waals surface area contributed by atoms with Crippen molar-refractivity contribution in [1.29, 1.82) is 0 Å². The van der Waals surface area contributed by atoms with Gasteiger partial charge < -0.3 is 10.6 Å². The maximum Gasteiger partial charge on any atom is 0.191 e. The first-order valence-electron chi connectivity index (χ1n) is 10.4. The average Bonchev–Trinajstić information content (AvgIpc) is 3.25. The molecular weight excluding hydrogens is 396 g/mol. The maximum absolute atomic E-state index is 11.8. The number of sulfone groups is 1. The molecule has 162 valence electrons. The molecule has 30 heavy (non-hydrogen) atoms. The summed E-state index contributed by atoms with van der Waals surface area (Å²) in [5, 5.41) is 6.81. The van der Waals surface area contributed by atoms with Crippen molar-refractivity contribution in [3.63, 3.8) is 0 Å². The SMILES string of the molecule is CN=C(NCc1ccc(S(C)(=O)=O)c(C)c1)NCC(c1ccccc1)N1CCCC1. The molecule has 2 N–H and O–H groups in total. The third-order valence-electron chi connectivity index (χ3n) is 5.55. The Morgan fingerprint density at radius 1 is 1.10 bits per heavy atom. The van der Waals surface area contributed by atoms with Crippen molar-refractivity contribution in [1.82, 2.24) is 15.5 Å². The number of benzene rings is 2. The van der Waals surface area contributed by atoms with E-state index in [4.69, 9.17) is 0 Å². The van der Waals surface area contributed by atoms with Crippen molar-refractivity contribution in [3.05, 3.63) is 65.2 Å². The Bertz CT molecular complexity index is 968. The van der Waals surface area contributed by atoms with Crippen LogP contribution in [-0.4, -0.2) is 52.2 Å².